The van der Waals surface area contributed by atoms with Gasteiger partial charge in [0.25, 0.3) is 0 Å². The second-order valence-corrected chi connectivity index (χ2v) is 8.67. The first kappa shape index (κ1) is 19.7. The van der Waals surface area contributed by atoms with Gasteiger partial charge >= 0.3 is 5.97 Å². The van der Waals surface area contributed by atoms with Crippen LogP contribution in [0.5, 0.6) is 0 Å². The summed E-state index contributed by atoms with van der Waals surface area (Å²) in [4.78, 5) is 24.0. The summed E-state index contributed by atoms with van der Waals surface area (Å²) < 4.78 is 29.4. The number of halogens is 1. The number of ether oxygens (including phenoxy) is 1. The topological polar surface area (TPSA) is 110 Å². The fraction of sp³-hybridized carbons (Fsp3) is 0.500. The van der Waals surface area contributed by atoms with Crippen LogP contribution in [0.2, 0.25) is 5.02 Å². The molecule has 1 aliphatic rings. The molecule has 0 aromatic heterocycles. The van der Waals surface area contributed by atoms with Crippen molar-refractivity contribution in [3.8, 4) is 0 Å². The number of aliphatic carboxylic acids is 1. The average Bonchev–Trinajstić information content (AvgIpc) is 3.06. The Morgan fingerprint density at radius 2 is 1.84 bits per heavy atom. The maximum absolute atomic E-state index is 13.1. The molecule has 25 heavy (non-hydrogen) atoms. The lowest BCUT2D eigenvalue weighted by Crippen LogP contribution is -2.56. The fourth-order valence-corrected chi connectivity index (χ4v) is 5.24. The number of nitrogens with one attached hydrogen (secondary N) is 1. The minimum atomic E-state index is -4.01. The standard InChI is InChI=1S/C16H20ClNO6S/c1-24-10-13(14(19)20)18-15(21)16(8-2-3-9-16)25(22,23)12-6-4-11(17)5-7-12/h4-7,13H,2-3,8-10H2,1H3,(H,18,21)(H,19,20). The molecule has 1 aromatic rings. The zero-order valence-corrected chi connectivity index (χ0v) is 15.3. The molecule has 1 saturated carbocycles. The van der Waals surface area contributed by atoms with Crippen LogP contribution in [-0.4, -0.2) is 49.9 Å². The first-order chi connectivity index (χ1) is 11.7. The summed E-state index contributed by atoms with van der Waals surface area (Å²) in [5, 5.41) is 11.9. The maximum atomic E-state index is 13.1. The number of sulfone groups is 1. The summed E-state index contributed by atoms with van der Waals surface area (Å²) in [6.45, 7) is -0.252. The van der Waals surface area contributed by atoms with Crippen molar-refractivity contribution in [2.75, 3.05) is 13.7 Å². The van der Waals surface area contributed by atoms with E-state index in [0.29, 0.717) is 17.9 Å². The van der Waals surface area contributed by atoms with Crippen LogP contribution in [0, 0.1) is 0 Å². The van der Waals surface area contributed by atoms with Gasteiger partial charge in [0.15, 0.2) is 20.6 Å². The van der Waals surface area contributed by atoms with Gasteiger partial charge in [-0.05, 0) is 37.1 Å². The van der Waals surface area contributed by atoms with Crippen LogP contribution in [-0.2, 0) is 24.2 Å². The molecule has 1 fully saturated rings. The summed E-state index contributed by atoms with van der Waals surface area (Å²) in [6.07, 6.45) is 1.43. The number of methoxy groups -OCH3 is 1. The van der Waals surface area contributed by atoms with Crippen LogP contribution < -0.4 is 5.32 Å². The van der Waals surface area contributed by atoms with E-state index in [4.69, 9.17) is 16.3 Å². The van der Waals surface area contributed by atoms with Crippen molar-refractivity contribution in [2.45, 2.75) is 41.4 Å². The molecular formula is C16H20ClNO6S. The molecule has 2 N–H and O–H groups in total. The van der Waals surface area contributed by atoms with E-state index in [-0.39, 0.29) is 24.3 Å². The molecule has 2 rings (SSSR count). The van der Waals surface area contributed by atoms with Crippen molar-refractivity contribution < 1.29 is 27.9 Å². The second kappa shape index (κ2) is 7.72. The van der Waals surface area contributed by atoms with E-state index in [1.165, 1.54) is 31.4 Å². The van der Waals surface area contributed by atoms with Crippen molar-refractivity contribution in [1.29, 1.82) is 0 Å². The van der Waals surface area contributed by atoms with Crippen LogP contribution in [0.1, 0.15) is 25.7 Å². The van der Waals surface area contributed by atoms with Crippen LogP contribution in [0.3, 0.4) is 0 Å². The van der Waals surface area contributed by atoms with Crippen LogP contribution in [0.4, 0.5) is 0 Å². The Balaban J connectivity index is 2.39. The summed E-state index contributed by atoms with van der Waals surface area (Å²) in [5.74, 6) is -2.09. The second-order valence-electron chi connectivity index (χ2n) is 5.98. The third kappa shape index (κ3) is 3.80. The van der Waals surface area contributed by atoms with Crippen molar-refractivity contribution in [2.24, 2.45) is 0 Å². The highest BCUT2D eigenvalue weighted by Gasteiger charge is 2.53. The lowest BCUT2D eigenvalue weighted by Gasteiger charge is -2.29. The van der Waals surface area contributed by atoms with Crippen molar-refractivity contribution in [3.05, 3.63) is 29.3 Å². The number of carbonyl (C=O) groups excluding carboxylic acids is 1. The number of hydrogen-bond acceptors (Lipinski definition) is 5. The highest BCUT2D eigenvalue weighted by Crippen LogP contribution is 2.41. The summed E-state index contributed by atoms with van der Waals surface area (Å²) in [5.41, 5.74) is 0. The zero-order chi connectivity index (χ0) is 18.7. The summed E-state index contributed by atoms with van der Waals surface area (Å²) in [6, 6.07) is 4.29. The van der Waals surface area contributed by atoms with E-state index in [1.54, 1.807) is 0 Å². The Bertz CT molecular complexity index is 740. The molecule has 1 amide bonds. The van der Waals surface area contributed by atoms with Crippen LogP contribution in [0.15, 0.2) is 29.2 Å². The average molecular weight is 390 g/mol. The van der Waals surface area contributed by atoms with Gasteiger partial charge in [0, 0.05) is 12.1 Å². The van der Waals surface area contributed by atoms with Gasteiger partial charge in [0.1, 0.15) is 0 Å². The molecule has 1 unspecified atom stereocenters. The predicted molar refractivity (Wildman–Crippen MR) is 91.3 cm³/mol. The molecule has 0 bridgehead atoms. The number of carbonyl (C=O) groups is 2. The lowest BCUT2D eigenvalue weighted by atomic mass is 10.1. The first-order valence-electron chi connectivity index (χ1n) is 7.77. The molecule has 0 aliphatic heterocycles. The Morgan fingerprint density at radius 1 is 1.28 bits per heavy atom. The quantitative estimate of drug-likeness (QED) is 0.733. The highest BCUT2D eigenvalue weighted by atomic mass is 35.5. The first-order valence-corrected chi connectivity index (χ1v) is 9.63. The molecular weight excluding hydrogens is 370 g/mol. The summed E-state index contributed by atoms with van der Waals surface area (Å²) in [7, 11) is -2.70. The molecule has 138 valence electrons. The highest BCUT2D eigenvalue weighted by molar-refractivity contribution is 7.93. The maximum Gasteiger partial charge on any atom is 0.328 e. The lowest BCUT2D eigenvalue weighted by molar-refractivity contribution is -0.143. The third-order valence-corrected chi connectivity index (χ3v) is 7.17. The minimum Gasteiger partial charge on any atom is -0.480 e. The van der Waals surface area contributed by atoms with E-state index in [1.807, 2.05) is 0 Å². The van der Waals surface area contributed by atoms with Crippen LogP contribution >= 0.6 is 11.6 Å². The predicted octanol–water partition coefficient (Wildman–Crippen LogP) is 1.64. The molecule has 9 heteroatoms. The van der Waals surface area contributed by atoms with Gasteiger partial charge in [0.2, 0.25) is 5.91 Å². The van der Waals surface area contributed by atoms with Crippen molar-refractivity contribution in [1.82, 2.24) is 5.32 Å². The number of rotatable bonds is 7. The van der Waals surface area contributed by atoms with Gasteiger partial charge < -0.3 is 15.2 Å². The molecule has 7 nitrogen and oxygen atoms in total. The van der Waals surface area contributed by atoms with E-state index in [0.717, 1.165) is 0 Å². The van der Waals surface area contributed by atoms with Crippen molar-refractivity contribution in [3.63, 3.8) is 0 Å². The number of carboxylic acids is 1. The fourth-order valence-electron chi connectivity index (χ4n) is 3.03. The Labute approximate surface area is 151 Å². The minimum absolute atomic E-state index is 0.00688. The van der Waals surface area contributed by atoms with Gasteiger partial charge in [-0.15, -0.1) is 0 Å². The van der Waals surface area contributed by atoms with E-state index < -0.39 is 32.5 Å². The number of amides is 1. The van der Waals surface area contributed by atoms with Gasteiger partial charge in [0.05, 0.1) is 11.5 Å². The SMILES string of the molecule is COCC(NC(=O)C1(S(=O)(=O)c2ccc(Cl)cc2)CCCC1)C(=O)O. The van der Waals surface area contributed by atoms with E-state index in [9.17, 15) is 23.1 Å². The molecule has 1 aliphatic carbocycles. The van der Waals surface area contributed by atoms with Gasteiger partial charge in [-0.3, -0.25) is 4.79 Å². The van der Waals surface area contributed by atoms with Gasteiger partial charge in [-0.25, -0.2) is 13.2 Å². The van der Waals surface area contributed by atoms with E-state index >= 15 is 0 Å². The molecule has 0 saturated heterocycles. The van der Waals surface area contributed by atoms with Crippen LogP contribution in [0.25, 0.3) is 0 Å². The van der Waals surface area contributed by atoms with E-state index in [2.05, 4.69) is 5.32 Å². The molecule has 0 heterocycles. The smallest absolute Gasteiger partial charge is 0.328 e. The molecule has 0 spiro atoms. The van der Waals surface area contributed by atoms with Gasteiger partial charge in [-0.1, -0.05) is 24.4 Å². The number of benzene rings is 1. The normalized spacial score (nSPS) is 17.8. The Hall–Kier alpha value is -1.64. The number of carboxylic acid groups (broad SMARTS) is 1. The van der Waals surface area contributed by atoms with Crippen molar-refractivity contribution >= 4 is 33.3 Å². The molecule has 0 radical (unpaired) electrons. The van der Waals surface area contributed by atoms with Gasteiger partial charge in [-0.2, -0.15) is 0 Å². The monoisotopic (exact) mass is 389 g/mol. The Kier molecular flexibility index (Phi) is 6.08. The largest absolute Gasteiger partial charge is 0.480 e. The molecule has 1 aromatic carbocycles. The Morgan fingerprint density at radius 3 is 2.32 bits per heavy atom. The zero-order valence-electron chi connectivity index (χ0n) is 13.7. The third-order valence-electron chi connectivity index (χ3n) is 4.40. The number of hydrogen-bond donors (Lipinski definition) is 2. The summed E-state index contributed by atoms with van der Waals surface area (Å²) >= 11 is 5.80. The molecule has 1 atom stereocenters.